The second-order valence-electron chi connectivity index (χ2n) is 3.81. The molecule has 2 heteroatoms. The number of methoxy groups -OCH3 is 1. The number of carbonyl (C=O) groups is 1. The summed E-state index contributed by atoms with van der Waals surface area (Å²) in [6.07, 6.45) is 2.30. The van der Waals surface area contributed by atoms with E-state index in [1.807, 2.05) is 12.1 Å². The average molecular weight is 206 g/mol. The maximum atomic E-state index is 11.3. The monoisotopic (exact) mass is 206 g/mol. The van der Waals surface area contributed by atoms with Crippen molar-refractivity contribution >= 4 is 5.97 Å². The van der Waals surface area contributed by atoms with Gasteiger partial charge in [0.1, 0.15) is 0 Å². The summed E-state index contributed by atoms with van der Waals surface area (Å²) in [5, 5.41) is 0. The minimum absolute atomic E-state index is 0.263. The molecule has 0 amide bonds. The summed E-state index contributed by atoms with van der Waals surface area (Å²) in [6, 6.07) is 7.68. The van der Waals surface area contributed by atoms with E-state index in [-0.39, 0.29) is 5.97 Å². The Morgan fingerprint density at radius 1 is 1.47 bits per heavy atom. The summed E-state index contributed by atoms with van der Waals surface area (Å²) in [4.78, 5) is 11.3. The van der Waals surface area contributed by atoms with E-state index in [9.17, 15) is 4.79 Å². The van der Waals surface area contributed by atoms with Crippen LogP contribution in [0.3, 0.4) is 0 Å². The van der Waals surface area contributed by atoms with E-state index in [0.29, 0.717) is 11.5 Å². The fraction of sp³-hybridized carbons (Fsp3) is 0.462. The van der Waals surface area contributed by atoms with E-state index in [4.69, 9.17) is 4.74 Å². The predicted octanol–water partition coefficient (Wildman–Crippen LogP) is 3.38. The molecule has 0 spiro atoms. The van der Waals surface area contributed by atoms with Gasteiger partial charge in [0.15, 0.2) is 0 Å². The molecule has 0 N–H and O–H groups in total. The smallest absolute Gasteiger partial charge is 0.337 e. The molecule has 0 aliphatic carbocycles. The minimum Gasteiger partial charge on any atom is -0.465 e. The fourth-order valence-corrected chi connectivity index (χ4v) is 1.69. The number of hydrogen-bond donors (Lipinski definition) is 0. The molecule has 82 valence electrons. The van der Waals surface area contributed by atoms with E-state index in [0.717, 1.165) is 12.8 Å². The second-order valence-corrected chi connectivity index (χ2v) is 3.81. The molecule has 15 heavy (non-hydrogen) atoms. The standard InChI is InChI=1S/C13H18O2/c1-4-6-10(2)11-7-5-8-12(9-11)13(14)15-3/h5,7-10H,4,6H2,1-3H3. The van der Waals surface area contributed by atoms with Crippen molar-refractivity contribution in [1.82, 2.24) is 0 Å². The summed E-state index contributed by atoms with van der Waals surface area (Å²) in [6.45, 7) is 4.35. The summed E-state index contributed by atoms with van der Waals surface area (Å²) in [5.41, 5.74) is 1.85. The predicted molar refractivity (Wildman–Crippen MR) is 61.1 cm³/mol. The van der Waals surface area contributed by atoms with Crippen LogP contribution >= 0.6 is 0 Å². The lowest BCUT2D eigenvalue weighted by Crippen LogP contribution is -2.02. The van der Waals surface area contributed by atoms with Gasteiger partial charge in [-0.05, 0) is 30.0 Å². The first-order valence-corrected chi connectivity index (χ1v) is 5.37. The molecule has 0 radical (unpaired) electrons. The molecule has 0 heterocycles. The van der Waals surface area contributed by atoms with Crippen LogP contribution in [0, 0.1) is 0 Å². The highest BCUT2D eigenvalue weighted by molar-refractivity contribution is 5.89. The van der Waals surface area contributed by atoms with Gasteiger partial charge in [-0.2, -0.15) is 0 Å². The molecule has 1 rings (SSSR count). The zero-order chi connectivity index (χ0) is 11.3. The summed E-state index contributed by atoms with van der Waals surface area (Å²) < 4.78 is 4.69. The van der Waals surface area contributed by atoms with Gasteiger partial charge in [0, 0.05) is 0 Å². The van der Waals surface area contributed by atoms with Crippen molar-refractivity contribution in [3.63, 3.8) is 0 Å². The Bertz CT molecular complexity index is 331. The van der Waals surface area contributed by atoms with Crippen molar-refractivity contribution in [2.24, 2.45) is 0 Å². The fourth-order valence-electron chi connectivity index (χ4n) is 1.69. The minimum atomic E-state index is -0.263. The maximum absolute atomic E-state index is 11.3. The third-order valence-corrected chi connectivity index (χ3v) is 2.60. The molecule has 1 aromatic rings. The number of benzene rings is 1. The Morgan fingerprint density at radius 2 is 2.20 bits per heavy atom. The molecule has 0 saturated carbocycles. The molecule has 0 aromatic heterocycles. The topological polar surface area (TPSA) is 26.3 Å². The second kappa shape index (κ2) is 5.54. The molecular weight excluding hydrogens is 188 g/mol. The van der Waals surface area contributed by atoms with Gasteiger partial charge in [-0.1, -0.05) is 32.4 Å². The Hall–Kier alpha value is -1.31. The first-order valence-electron chi connectivity index (χ1n) is 5.37. The highest BCUT2D eigenvalue weighted by Gasteiger charge is 2.09. The average Bonchev–Trinajstić information content (AvgIpc) is 2.28. The Labute approximate surface area is 91.3 Å². The van der Waals surface area contributed by atoms with Gasteiger partial charge in [0.2, 0.25) is 0 Å². The zero-order valence-electron chi connectivity index (χ0n) is 9.62. The quantitative estimate of drug-likeness (QED) is 0.706. The Kier molecular flexibility index (Phi) is 4.35. The Morgan fingerprint density at radius 3 is 2.80 bits per heavy atom. The van der Waals surface area contributed by atoms with Crippen LogP contribution in [0.25, 0.3) is 0 Å². The first kappa shape index (κ1) is 11.8. The first-order chi connectivity index (χ1) is 7.19. The molecule has 1 atom stereocenters. The largest absolute Gasteiger partial charge is 0.465 e. The lowest BCUT2D eigenvalue weighted by atomic mass is 9.95. The molecule has 0 aliphatic rings. The van der Waals surface area contributed by atoms with Gasteiger partial charge >= 0.3 is 5.97 Å². The van der Waals surface area contributed by atoms with E-state index in [1.54, 1.807) is 6.07 Å². The van der Waals surface area contributed by atoms with Crippen molar-refractivity contribution in [2.45, 2.75) is 32.6 Å². The molecule has 1 unspecified atom stereocenters. The zero-order valence-corrected chi connectivity index (χ0v) is 9.62. The molecule has 2 nitrogen and oxygen atoms in total. The van der Waals surface area contributed by atoms with Gasteiger partial charge in [-0.3, -0.25) is 0 Å². The van der Waals surface area contributed by atoms with Gasteiger partial charge in [-0.15, -0.1) is 0 Å². The summed E-state index contributed by atoms with van der Waals surface area (Å²) >= 11 is 0. The van der Waals surface area contributed by atoms with E-state index in [2.05, 4.69) is 19.9 Å². The highest BCUT2D eigenvalue weighted by atomic mass is 16.5. The lowest BCUT2D eigenvalue weighted by molar-refractivity contribution is 0.0600. The third-order valence-electron chi connectivity index (χ3n) is 2.60. The van der Waals surface area contributed by atoms with Crippen LogP contribution in [0.1, 0.15) is 48.5 Å². The van der Waals surface area contributed by atoms with Crippen molar-refractivity contribution in [3.8, 4) is 0 Å². The van der Waals surface area contributed by atoms with Crippen molar-refractivity contribution in [1.29, 1.82) is 0 Å². The van der Waals surface area contributed by atoms with E-state index >= 15 is 0 Å². The normalized spacial score (nSPS) is 12.2. The van der Waals surface area contributed by atoms with Crippen molar-refractivity contribution in [3.05, 3.63) is 35.4 Å². The molecule has 0 fully saturated rings. The number of ether oxygens (including phenoxy) is 1. The van der Waals surface area contributed by atoms with Crippen LogP contribution in [-0.4, -0.2) is 13.1 Å². The Balaban J connectivity index is 2.87. The van der Waals surface area contributed by atoms with Crippen LogP contribution in [0.5, 0.6) is 0 Å². The number of carbonyl (C=O) groups excluding carboxylic acids is 1. The van der Waals surface area contributed by atoms with Crippen LogP contribution in [0.2, 0.25) is 0 Å². The van der Waals surface area contributed by atoms with Crippen molar-refractivity contribution < 1.29 is 9.53 Å². The lowest BCUT2D eigenvalue weighted by Gasteiger charge is -2.11. The molecular formula is C13H18O2. The summed E-state index contributed by atoms with van der Waals surface area (Å²) in [7, 11) is 1.41. The highest BCUT2D eigenvalue weighted by Crippen LogP contribution is 2.21. The van der Waals surface area contributed by atoms with Gasteiger partial charge in [0.25, 0.3) is 0 Å². The molecule has 0 saturated heterocycles. The van der Waals surface area contributed by atoms with Crippen molar-refractivity contribution in [2.75, 3.05) is 7.11 Å². The molecule has 1 aromatic carbocycles. The number of esters is 1. The SMILES string of the molecule is CCCC(C)c1cccc(C(=O)OC)c1. The van der Waals surface area contributed by atoms with Crippen LogP contribution < -0.4 is 0 Å². The van der Waals surface area contributed by atoms with Gasteiger partial charge < -0.3 is 4.74 Å². The van der Waals surface area contributed by atoms with Gasteiger partial charge in [-0.25, -0.2) is 4.79 Å². The van der Waals surface area contributed by atoms with Crippen LogP contribution in [0.15, 0.2) is 24.3 Å². The third kappa shape index (κ3) is 3.08. The van der Waals surface area contributed by atoms with Crippen LogP contribution in [-0.2, 0) is 4.74 Å². The number of hydrogen-bond acceptors (Lipinski definition) is 2. The maximum Gasteiger partial charge on any atom is 0.337 e. The van der Waals surface area contributed by atoms with E-state index in [1.165, 1.54) is 12.7 Å². The van der Waals surface area contributed by atoms with Gasteiger partial charge in [0.05, 0.1) is 12.7 Å². The summed E-state index contributed by atoms with van der Waals surface area (Å²) in [5.74, 6) is 0.236. The number of rotatable bonds is 4. The van der Waals surface area contributed by atoms with E-state index < -0.39 is 0 Å². The van der Waals surface area contributed by atoms with Crippen LogP contribution in [0.4, 0.5) is 0 Å². The molecule has 0 bridgehead atoms. The molecule has 0 aliphatic heterocycles.